The number of amides is 1. The molecule has 202 valence electrons. The average Bonchev–Trinajstić information content (AvgIpc) is 2.85. The standard InChI is InChI=1S/C27H33F2NO7/c1-4-34-12-11-19(14-35-5-2)26(27(30)33)17(3)18-9-10-23(24(13-18)37-16-25(31)32)36-15-20-21(28)7-6-8-22(20)29/h6-10,13,19H,4-5,11-12,14-16H2,1-3H3,(H2,30,33)(H,31,32). The van der Waals surface area contributed by atoms with Gasteiger partial charge in [0.05, 0.1) is 12.2 Å². The highest BCUT2D eigenvalue weighted by molar-refractivity contribution is 6.00. The van der Waals surface area contributed by atoms with Crippen LogP contribution in [-0.4, -0.2) is 50.0 Å². The molecule has 0 spiro atoms. The summed E-state index contributed by atoms with van der Waals surface area (Å²) in [4.78, 5) is 23.6. The summed E-state index contributed by atoms with van der Waals surface area (Å²) in [6.07, 6.45) is 0.501. The van der Waals surface area contributed by atoms with E-state index in [4.69, 9.17) is 29.8 Å². The molecule has 0 radical (unpaired) electrons. The fourth-order valence-corrected chi connectivity index (χ4v) is 3.72. The fraction of sp³-hybridized carbons (Fsp3) is 0.407. The Morgan fingerprint density at radius 2 is 1.68 bits per heavy atom. The van der Waals surface area contributed by atoms with E-state index >= 15 is 0 Å². The van der Waals surface area contributed by atoms with E-state index in [1.165, 1.54) is 18.2 Å². The molecule has 3 N–H and O–H groups in total. The lowest BCUT2D eigenvalue weighted by Gasteiger charge is -2.22. The summed E-state index contributed by atoms with van der Waals surface area (Å²) in [5.74, 6) is -3.65. The summed E-state index contributed by atoms with van der Waals surface area (Å²) in [7, 11) is 0. The Kier molecular flexibility index (Phi) is 12.0. The van der Waals surface area contributed by atoms with Crippen LogP contribution in [0, 0.1) is 17.6 Å². The molecule has 1 atom stereocenters. The van der Waals surface area contributed by atoms with E-state index in [1.54, 1.807) is 13.0 Å². The fourth-order valence-electron chi connectivity index (χ4n) is 3.72. The number of carbonyl (C=O) groups is 2. The lowest BCUT2D eigenvalue weighted by Crippen LogP contribution is -2.26. The molecule has 0 saturated carbocycles. The zero-order valence-corrected chi connectivity index (χ0v) is 21.2. The smallest absolute Gasteiger partial charge is 0.341 e. The number of rotatable bonds is 16. The second-order valence-corrected chi connectivity index (χ2v) is 8.08. The van der Waals surface area contributed by atoms with Crippen molar-refractivity contribution >= 4 is 17.4 Å². The molecule has 0 bridgehead atoms. The van der Waals surface area contributed by atoms with Crippen LogP contribution >= 0.6 is 0 Å². The van der Waals surface area contributed by atoms with Gasteiger partial charge in [-0.25, -0.2) is 13.6 Å². The van der Waals surface area contributed by atoms with Crippen LogP contribution in [0.3, 0.4) is 0 Å². The Balaban J connectivity index is 2.45. The van der Waals surface area contributed by atoms with Crippen LogP contribution in [0.25, 0.3) is 5.57 Å². The number of nitrogens with two attached hydrogens (primary N) is 1. The van der Waals surface area contributed by atoms with Crippen LogP contribution in [-0.2, 0) is 25.7 Å². The number of benzene rings is 2. The molecule has 0 aromatic heterocycles. The number of aliphatic carboxylic acids is 1. The van der Waals surface area contributed by atoms with Crippen LogP contribution in [0.5, 0.6) is 11.5 Å². The SMILES string of the molecule is CCOCCC(COCC)C(C(N)=O)=C(C)c1ccc(OCc2c(F)cccc2F)c(OCC(=O)O)c1. The molecule has 10 heteroatoms. The van der Waals surface area contributed by atoms with Crippen LogP contribution in [0.15, 0.2) is 42.0 Å². The van der Waals surface area contributed by atoms with Gasteiger partial charge in [0.25, 0.3) is 0 Å². The predicted molar refractivity (Wildman–Crippen MR) is 133 cm³/mol. The molecule has 0 heterocycles. The van der Waals surface area contributed by atoms with Crippen LogP contribution in [0.2, 0.25) is 0 Å². The minimum absolute atomic E-state index is 0.0236. The van der Waals surface area contributed by atoms with Crippen molar-refractivity contribution in [3.05, 3.63) is 64.7 Å². The topological polar surface area (TPSA) is 117 Å². The molecule has 0 aliphatic carbocycles. The van der Waals surface area contributed by atoms with Crippen LogP contribution in [0.1, 0.15) is 38.3 Å². The Bertz CT molecular complexity index is 1080. The van der Waals surface area contributed by atoms with E-state index in [9.17, 15) is 18.4 Å². The maximum absolute atomic E-state index is 14.0. The number of carbonyl (C=O) groups excluding carboxylic acids is 1. The number of hydrogen-bond donors (Lipinski definition) is 2. The van der Waals surface area contributed by atoms with Crippen molar-refractivity contribution in [2.45, 2.75) is 33.8 Å². The zero-order chi connectivity index (χ0) is 27.4. The molecule has 0 aliphatic rings. The van der Waals surface area contributed by atoms with E-state index in [0.717, 1.165) is 12.1 Å². The maximum atomic E-state index is 14.0. The zero-order valence-electron chi connectivity index (χ0n) is 21.2. The summed E-state index contributed by atoms with van der Waals surface area (Å²) >= 11 is 0. The largest absolute Gasteiger partial charge is 0.485 e. The molecule has 2 aromatic carbocycles. The number of allylic oxidation sites excluding steroid dienone is 1. The molecular weight excluding hydrogens is 488 g/mol. The van der Waals surface area contributed by atoms with Gasteiger partial charge in [-0.15, -0.1) is 0 Å². The monoisotopic (exact) mass is 521 g/mol. The number of carboxylic acids is 1. The lowest BCUT2D eigenvalue weighted by molar-refractivity contribution is -0.139. The predicted octanol–water partition coefficient (Wildman–Crippen LogP) is 4.35. The van der Waals surface area contributed by atoms with Gasteiger partial charge in [-0.05, 0) is 62.6 Å². The highest BCUT2D eigenvalue weighted by atomic mass is 19.1. The summed E-state index contributed by atoms with van der Waals surface area (Å²) in [6.45, 7) is 5.95. The van der Waals surface area contributed by atoms with Crippen molar-refractivity contribution in [3.63, 3.8) is 0 Å². The molecule has 2 rings (SSSR count). The quantitative estimate of drug-likeness (QED) is 0.249. The number of carboxylic acid groups (broad SMARTS) is 1. The third kappa shape index (κ3) is 8.83. The second kappa shape index (κ2) is 14.9. The van der Waals surface area contributed by atoms with Gasteiger partial charge in [-0.1, -0.05) is 12.1 Å². The van der Waals surface area contributed by atoms with Gasteiger partial charge in [0.1, 0.15) is 18.2 Å². The number of halogens is 2. The average molecular weight is 522 g/mol. The van der Waals surface area contributed by atoms with Crippen molar-refractivity contribution < 1.29 is 42.4 Å². The first kappa shape index (κ1) is 29.7. The first-order valence-corrected chi connectivity index (χ1v) is 11.9. The highest BCUT2D eigenvalue weighted by Crippen LogP contribution is 2.34. The van der Waals surface area contributed by atoms with Crippen molar-refractivity contribution in [2.24, 2.45) is 11.7 Å². The van der Waals surface area contributed by atoms with E-state index < -0.39 is 36.7 Å². The summed E-state index contributed by atoms with van der Waals surface area (Å²) < 4.78 is 50.0. The molecule has 0 fully saturated rings. The third-order valence-electron chi connectivity index (χ3n) is 5.58. The van der Waals surface area contributed by atoms with Crippen molar-refractivity contribution in [3.8, 4) is 11.5 Å². The van der Waals surface area contributed by atoms with E-state index in [-0.39, 0.29) is 29.6 Å². The summed E-state index contributed by atoms with van der Waals surface area (Å²) in [6, 6.07) is 8.05. The van der Waals surface area contributed by atoms with Crippen molar-refractivity contribution in [2.75, 3.05) is 33.0 Å². The van der Waals surface area contributed by atoms with Gasteiger partial charge in [-0.3, -0.25) is 4.79 Å². The number of hydrogen-bond acceptors (Lipinski definition) is 6. The van der Waals surface area contributed by atoms with Crippen molar-refractivity contribution in [1.82, 2.24) is 0 Å². The Morgan fingerprint density at radius 3 is 2.27 bits per heavy atom. The number of primary amides is 1. The Morgan fingerprint density at radius 1 is 1.00 bits per heavy atom. The van der Waals surface area contributed by atoms with Gasteiger partial charge >= 0.3 is 5.97 Å². The van der Waals surface area contributed by atoms with Gasteiger partial charge in [0, 0.05) is 31.3 Å². The maximum Gasteiger partial charge on any atom is 0.341 e. The first-order chi connectivity index (χ1) is 17.7. The van der Waals surface area contributed by atoms with Crippen molar-refractivity contribution in [1.29, 1.82) is 0 Å². The molecular formula is C27H33F2NO7. The van der Waals surface area contributed by atoms with Crippen LogP contribution in [0.4, 0.5) is 8.78 Å². The molecule has 0 aliphatic heterocycles. The normalized spacial score (nSPS) is 12.6. The third-order valence-corrected chi connectivity index (χ3v) is 5.58. The molecule has 1 amide bonds. The summed E-state index contributed by atoms with van der Waals surface area (Å²) in [5, 5.41) is 9.08. The number of ether oxygens (including phenoxy) is 4. The van der Waals surface area contributed by atoms with E-state index in [1.807, 2.05) is 13.8 Å². The van der Waals surface area contributed by atoms with Crippen LogP contribution < -0.4 is 15.2 Å². The van der Waals surface area contributed by atoms with Gasteiger partial charge < -0.3 is 29.8 Å². The summed E-state index contributed by atoms with van der Waals surface area (Å²) in [5.41, 5.74) is 6.89. The lowest BCUT2D eigenvalue weighted by atomic mass is 9.89. The van der Waals surface area contributed by atoms with Gasteiger partial charge in [0.2, 0.25) is 5.91 Å². The molecule has 0 saturated heterocycles. The Labute approximate surface area is 215 Å². The molecule has 8 nitrogen and oxygen atoms in total. The minimum atomic E-state index is -1.23. The molecule has 37 heavy (non-hydrogen) atoms. The Hall–Kier alpha value is -3.50. The van der Waals surface area contributed by atoms with E-state index in [0.29, 0.717) is 43.0 Å². The molecule has 1 unspecified atom stereocenters. The first-order valence-electron chi connectivity index (χ1n) is 11.9. The second-order valence-electron chi connectivity index (χ2n) is 8.08. The van der Waals surface area contributed by atoms with Gasteiger partial charge in [-0.2, -0.15) is 0 Å². The molecule has 2 aromatic rings. The minimum Gasteiger partial charge on any atom is -0.485 e. The van der Waals surface area contributed by atoms with E-state index in [2.05, 4.69) is 0 Å². The highest BCUT2D eigenvalue weighted by Gasteiger charge is 2.23. The van der Waals surface area contributed by atoms with Gasteiger partial charge in [0.15, 0.2) is 18.1 Å².